The second-order valence-electron chi connectivity index (χ2n) is 4.76. The molecule has 1 aromatic heterocycles. The molecule has 0 bridgehead atoms. The van der Waals surface area contributed by atoms with Crippen LogP contribution in [0, 0.1) is 5.92 Å². The zero-order valence-electron chi connectivity index (χ0n) is 10.4. The molecule has 2 heterocycles. The molecule has 0 radical (unpaired) electrons. The lowest BCUT2D eigenvalue weighted by molar-refractivity contribution is -0.121. The summed E-state index contributed by atoms with van der Waals surface area (Å²) in [6, 6.07) is 2.05. The predicted molar refractivity (Wildman–Crippen MR) is 78.7 cm³/mol. The molecule has 3 nitrogen and oxygen atoms in total. The fourth-order valence-corrected chi connectivity index (χ4v) is 3.62. The summed E-state index contributed by atoms with van der Waals surface area (Å²) in [4.78, 5) is 12.9. The number of piperidine rings is 1. The van der Waals surface area contributed by atoms with Gasteiger partial charge in [-0.2, -0.15) is 0 Å². The van der Waals surface area contributed by atoms with E-state index in [1.54, 1.807) is 11.3 Å². The van der Waals surface area contributed by atoms with Crippen LogP contribution in [0.15, 0.2) is 15.9 Å². The highest BCUT2D eigenvalue weighted by molar-refractivity contribution is 9.10. The van der Waals surface area contributed by atoms with Crippen LogP contribution in [0.4, 0.5) is 0 Å². The van der Waals surface area contributed by atoms with Gasteiger partial charge in [0.15, 0.2) is 0 Å². The number of halogens is 1. The minimum Gasteiger partial charge on any atom is -0.351 e. The van der Waals surface area contributed by atoms with Gasteiger partial charge in [0.2, 0.25) is 5.91 Å². The van der Waals surface area contributed by atoms with Crippen LogP contribution in [0.1, 0.15) is 30.6 Å². The van der Waals surface area contributed by atoms with Crippen molar-refractivity contribution in [1.82, 2.24) is 10.6 Å². The monoisotopic (exact) mass is 330 g/mol. The second-order valence-corrected chi connectivity index (χ2v) is 6.67. The van der Waals surface area contributed by atoms with E-state index in [-0.39, 0.29) is 5.91 Å². The van der Waals surface area contributed by atoms with E-state index < -0.39 is 0 Å². The van der Waals surface area contributed by atoms with Crippen LogP contribution in [0.5, 0.6) is 0 Å². The quantitative estimate of drug-likeness (QED) is 0.871. The molecular formula is C13H19BrN2OS. The Morgan fingerprint density at radius 1 is 1.61 bits per heavy atom. The van der Waals surface area contributed by atoms with Crippen molar-refractivity contribution < 1.29 is 4.79 Å². The minimum atomic E-state index is 0.171. The molecule has 0 spiro atoms. The number of amides is 1. The number of carbonyl (C=O) groups excluding carboxylic acids is 1. The maximum atomic E-state index is 11.7. The van der Waals surface area contributed by atoms with Gasteiger partial charge in [-0.3, -0.25) is 4.79 Å². The van der Waals surface area contributed by atoms with Crippen LogP contribution >= 0.6 is 27.3 Å². The van der Waals surface area contributed by atoms with Gasteiger partial charge in [-0.25, -0.2) is 0 Å². The number of carbonyl (C=O) groups is 1. The van der Waals surface area contributed by atoms with Gasteiger partial charge in [-0.1, -0.05) is 0 Å². The molecule has 0 saturated carbocycles. The largest absolute Gasteiger partial charge is 0.351 e. The van der Waals surface area contributed by atoms with Crippen LogP contribution in [-0.4, -0.2) is 19.0 Å². The van der Waals surface area contributed by atoms with E-state index in [1.165, 1.54) is 17.7 Å². The Kier molecular flexibility index (Phi) is 5.66. The van der Waals surface area contributed by atoms with E-state index in [9.17, 15) is 4.79 Å². The third kappa shape index (κ3) is 4.71. The van der Waals surface area contributed by atoms with Gasteiger partial charge < -0.3 is 10.6 Å². The Morgan fingerprint density at radius 3 is 3.17 bits per heavy atom. The van der Waals surface area contributed by atoms with Gasteiger partial charge in [0.1, 0.15) is 0 Å². The number of nitrogens with one attached hydrogen (secondary N) is 2. The molecule has 1 aromatic rings. The first-order chi connectivity index (χ1) is 8.74. The Bertz CT molecular complexity index is 388. The first-order valence-corrected chi connectivity index (χ1v) is 8.11. The van der Waals surface area contributed by atoms with Gasteiger partial charge >= 0.3 is 0 Å². The Morgan fingerprint density at radius 2 is 2.50 bits per heavy atom. The summed E-state index contributed by atoms with van der Waals surface area (Å²) < 4.78 is 1.09. The highest BCUT2D eigenvalue weighted by Gasteiger charge is 2.14. The van der Waals surface area contributed by atoms with Crippen molar-refractivity contribution in [2.75, 3.05) is 13.1 Å². The van der Waals surface area contributed by atoms with Crippen LogP contribution in [0.2, 0.25) is 0 Å². The summed E-state index contributed by atoms with van der Waals surface area (Å²) in [7, 11) is 0. The average Bonchev–Trinajstić information content (AvgIpc) is 2.81. The third-order valence-corrected chi connectivity index (χ3v) is 4.96. The summed E-state index contributed by atoms with van der Waals surface area (Å²) in [5.41, 5.74) is 0. The average molecular weight is 331 g/mol. The molecule has 1 fully saturated rings. The van der Waals surface area contributed by atoms with Gasteiger partial charge in [0.25, 0.3) is 0 Å². The lowest BCUT2D eigenvalue weighted by atomic mass is 9.94. The fourth-order valence-electron chi connectivity index (χ4n) is 2.23. The summed E-state index contributed by atoms with van der Waals surface area (Å²) >= 11 is 5.08. The van der Waals surface area contributed by atoms with E-state index in [0.717, 1.165) is 24.0 Å². The zero-order valence-corrected chi connectivity index (χ0v) is 12.8. The first-order valence-electron chi connectivity index (χ1n) is 6.44. The number of hydrogen-bond acceptors (Lipinski definition) is 3. The Balaban J connectivity index is 1.62. The van der Waals surface area contributed by atoms with Crippen molar-refractivity contribution in [2.45, 2.75) is 32.2 Å². The van der Waals surface area contributed by atoms with Gasteiger partial charge in [0, 0.05) is 21.2 Å². The molecular weight excluding hydrogens is 312 g/mol. The molecule has 0 aromatic carbocycles. The third-order valence-electron chi connectivity index (χ3n) is 3.26. The van der Waals surface area contributed by atoms with E-state index in [1.807, 2.05) is 5.38 Å². The SMILES string of the molecule is O=C(CCC1CCCNC1)NCc1cc(Br)cs1. The summed E-state index contributed by atoms with van der Waals surface area (Å²) in [6.45, 7) is 2.86. The highest BCUT2D eigenvalue weighted by Crippen LogP contribution is 2.19. The maximum absolute atomic E-state index is 11.7. The topological polar surface area (TPSA) is 41.1 Å². The standard InChI is InChI=1S/C13H19BrN2OS/c14-11-6-12(18-9-11)8-16-13(17)4-3-10-2-1-5-15-7-10/h6,9-10,15H,1-5,7-8H2,(H,16,17). The van der Waals surface area contributed by atoms with E-state index in [0.29, 0.717) is 18.9 Å². The van der Waals surface area contributed by atoms with Crippen molar-refractivity contribution in [3.63, 3.8) is 0 Å². The molecule has 1 saturated heterocycles. The van der Waals surface area contributed by atoms with Crippen molar-refractivity contribution in [1.29, 1.82) is 0 Å². The van der Waals surface area contributed by atoms with Crippen molar-refractivity contribution in [2.24, 2.45) is 5.92 Å². The van der Waals surface area contributed by atoms with E-state index in [4.69, 9.17) is 0 Å². The molecule has 2 N–H and O–H groups in total. The molecule has 5 heteroatoms. The number of hydrogen-bond donors (Lipinski definition) is 2. The lowest BCUT2D eigenvalue weighted by Crippen LogP contribution is -2.31. The van der Waals surface area contributed by atoms with Crippen LogP contribution < -0.4 is 10.6 Å². The number of rotatable bonds is 5. The fraction of sp³-hybridized carbons (Fsp3) is 0.615. The van der Waals surface area contributed by atoms with Crippen LogP contribution in [0.3, 0.4) is 0 Å². The number of thiophene rings is 1. The molecule has 1 aliphatic rings. The van der Waals surface area contributed by atoms with Crippen molar-refractivity contribution >= 4 is 33.2 Å². The van der Waals surface area contributed by atoms with Crippen LogP contribution in [0.25, 0.3) is 0 Å². The Labute approximate surface area is 120 Å². The molecule has 1 atom stereocenters. The first kappa shape index (κ1) is 14.0. The van der Waals surface area contributed by atoms with Gasteiger partial charge in [0.05, 0.1) is 6.54 Å². The normalized spacial score (nSPS) is 19.7. The molecule has 1 unspecified atom stereocenters. The summed E-state index contributed by atoms with van der Waals surface area (Å²) in [5.74, 6) is 0.852. The zero-order chi connectivity index (χ0) is 12.8. The van der Waals surface area contributed by atoms with E-state index in [2.05, 4.69) is 32.6 Å². The highest BCUT2D eigenvalue weighted by atomic mass is 79.9. The Hall–Kier alpha value is -0.390. The maximum Gasteiger partial charge on any atom is 0.220 e. The summed E-state index contributed by atoms with van der Waals surface area (Å²) in [5, 5.41) is 8.40. The molecule has 0 aliphatic carbocycles. The smallest absolute Gasteiger partial charge is 0.220 e. The molecule has 18 heavy (non-hydrogen) atoms. The lowest BCUT2D eigenvalue weighted by Gasteiger charge is -2.22. The van der Waals surface area contributed by atoms with Crippen molar-refractivity contribution in [3.8, 4) is 0 Å². The van der Waals surface area contributed by atoms with Gasteiger partial charge in [-0.15, -0.1) is 11.3 Å². The molecule has 2 rings (SSSR count). The van der Waals surface area contributed by atoms with Gasteiger partial charge in [-0.05, 0) is 60.3 Å². The molecule has 100 valence electrons. The second kappa shape index (κ2) is 7.26. The molecule has 1 aliphatic heterocycles. The summed E-state index contributed by atoms with van der Waals surface area (Å²) in [6.07, 6.45) is 4.17. The predicted octanol–water partition coefficient (Wildman–Crippen LogP) is 2.91. The molecule has 1 amide bonds. The van der Waals surface area contributed by atoms with Crippen LogP contribution in [-0.2, 0) is 11.3 Å². The minimum absolute atomic E-state index is 0.171. The van der Waals surface area contributed by atoms with Crippen molar-refractivity contribution in [3.05, 3.63) is 20.8 Å². The van der Waals surface area contributed by atoms with E-state index >= 15 is 0 Å².